The highest BCUT2D eigenvalue weighted by Gasteiger charge is 2.17. The van der Waals surface area contributed by atoms with Gasteiger partial charge in [-0.2, -0.15) is 4.68 Å². The molecule has 10 heteroatoms. The SMILES string of the molecule is COC/C(O)=C/C(=N)c1nnc(-c2ccccc2)n1/N=C(\C)OCc1ccc(C=O)cn1. The Bertz CT molecular complexity index is 1140. The van der Waals surface area contributed by atoms with Crippen LogP contribution in [0.1, 0.15) is 28.8 Å². The smallest absolute Gasteiger partial charge is 0.204 e. The molecule has 2 N–H and O–H groups in total. The summed E-state index contributed by atoms with van der Waals surface area (Å²) in [6, 6.07) is 12.6. The van der Waals surface area contributed by atoms with Crippen LogP contribution in [0.5, 0.6) is 0 Å². The number of rotatable bonds is 9. The molecular weight excluding hydrogens is 412 g/mol. The molecule has 0 amide bonds. The summed E-state index contributed by atoms with van der Waals surface area (Å²) < 4.78 is 11.9. The summed E-state index contributed by atoms with van der Waals surface area (Å²) >= 11 is 0. The zero-order valence-corrected chi connectivity index (χ0v) is 17.6. The number of allylic oxidation sites excluding steroid dienone is 1. The van der Waals surface area contributed by atoms with Gasteiger partial charge in [-0.3, -0.25) is 15.2 Å². The van der Waals surface area contributed by atoms with E-state index in [1.807, 2.05) is 30.3 Å². The van der Waals surface area contributed by atoms with Crippen molar-refractivity contribution in [3.63, 3.8) is 0 Å². The van der Waals surface area contributed by atoms with Gasteiger partial charge < -0.3 is 14.6 Å². The van der Waals surface area contributed by atoms with Crippen LogP contribution in [0, 0.1) is 5.41 Å². The molecule has 0 aliphatic heterocycles. The number of methoxy groups -OCH3 is 1. The van der Waals surface area contributed by atoms with E-state index in [4.69, 9.17) is 14.9 Å². The van der Waals surface area contributed by atoms with Crippen molar-refractivity contribution in [1.82, 2.24) is 19.9 Å². The first-order valence-electron chi connectivity index (χ1n) is 9.58. The van der Waals surface area contributed by atoms with Gasteiger partial charge in [0.25, 0.3) is 0 Å². The number of carbonyl (C=O) groups is 1. The lowest BCUT2D eigenvalue weighted by Crippen LogP contribution is -2.11. The highest BCUT2D eigenvalue weighted by Crippen LogP contribution is 2.19. The molecule has 0 saturated heterocycles. The van der Waals surface area contributed by atoms with Crippen LogP contribution in [0.25, 0.3) is 11.4 Å². The Morgan fingerprint density at radius 1 is 1.22 bits per heavy atom. The molecule has 0 fully saturated rings. The van der Waals surface area contributed by atoms with Gasteiger partial charge in [-0.25, -0.2) is 0 Å². The van der Waals surface area contributed by atoms with Crippen LogP contribution >= 0.6 is 0 Å². The highest BCUT2D eigenvalue weighted by molar-refractivity contribution is 6.04. The molecule has 2 heterocycles. The van der Waals surface area contributed by atoms with E-state index in [9.17, 15) is 9.90 Å². The number of aliphatic hydroxyl groups excluding tert-OH is 1. The van der Waals surface area contributed by atoms with Crippen molar-refractivity contribution in [2.24, 2.45) is 5.10 Å². The highest BCUT2D eigenvalue weighted by atomic mass is 16.5. The fourth-order valence-corrected chi connectivity index (χ4v) is 2.67. The lowest BCUT2D eigenvalue weighted by Gasteiger charge is -2.08. The van der Waals surface area contributed by atoms with Gasteiger partial charge in [0.2, 0.25) is 11.7 Å². The van der Waals surface area contributed by atoms with Crippen molar-refractivity contribution in [3.8, 4) is 11.4 Å². The molecule has 0 atom stereocenters. The van der Waals surface area contributed by atoms with Crippen molar-refractivity contribution < 1.29 is 19.4 Å². The molecule has 0 radical (unpaired) electrons. The average Bonchev–Trinajstić information content (AvgIpc) is 3.22. The minimum atomic E-state index is -0.130. The molecule has 0 spiro atoms. The predicted molar refractivity (Wildman–Crippen MR) is 118 cm³/mol. The Morgan fingerprint density at radius 3 is 2.66 bits per heavy atom. The summed E-state index contributed by atoms with van der Waals surface area (Å²) in [5.74, 6) is 0.668. The fraction of sp³-hybridized carbons (Fsp3) is 0.182. The van der Waals surface area contributed by atoms with E-state index in [0.717, 1.165) is 11.8 Å². The zero-order chi connectivity index (χ0) is 22.9. The van der Waals surface area contributed by atoms with Gasteiger partial charge in [0, 0.05) is 37.4 Å². The van der Waals surface area contributed by atoms with Gasteiger partial charge >= 0.3 is 0 Å². The predicted octanol–water partition coefficient (Wildman–Crippen LogP) is 3.01. The number of aromatic nitrogens is 4. The molecule has 0 aliphatic rings. The minimum absolute atomic E-state index is 0.0383. The first-order chi connectivity index (χ1) is 15.5. The number of ether oxygens (including phenoxy) is 2. The van der Waals surface area contributed by atoms with E-state index < -0.39 is 0 Å². The van der Waals surface area contributed by atoms with Gasteiger partial charge in [0.1, 0.15) is 24.7 Å². The average molecular weight is 434 g/mol. The van der Waals surface area contributed by atoms with Crippen molar-refractivity contribution in [2.45, 2.75) is 13.5 Å². The van der Waals surface area contributed by atoms with Crippen LogP contribution in [0.2, 0.25) is 0 Å². The van der Waals surface area contributed by atoms with Crippen LogP contribution in [0.4, 0.5) is 0 Å². The molecule has 2 aromatic heterocycles. The van der Waals surface area contributed by atoms with Crippen molar-refractivity contribution >= 4 is 17.9 Å². The molecule has 0 saturated carbocycles. The Balaban J connectivity index is 1.90. The van der Waals surface area contributed by atoms with Gasteiger partial charge in [0.15, 0.2) is 12.1 Å². The van der Waals surface area contributed by atoms with Crippen LogP contribution in [0.3, 0.4) is 0 Å². The molecule has 1 aromatic carbocycles. The minimum Gasteiger partial charge on any atom is -0.510 e. The Hall–Kier alpha value is -4.18. The topological polar surface area (TPSA) is 136 Å². The number of aldehydes is 1. The van der Waals surface area contributed by atoms with E-state index >= 15 is 0 Å². The quantitative estimate of drug-likeness (QED) is 0.229. The maximum atomic E-state index is 10.8. The number of benzene rings is 1. The molecule has 10 nitrogen and oxygen atoms in total. The Labute approximate surface area is 184 Å². The second kappa shape index (κ2) is 10.7. The summed E-state index contributed by atoms with van der Waals surface area (Å²) in [5.41, 5.74) is 1.74. The number of nitrogens with one attached hydrogen (secondary N) is 1. The summed E-state index contributed by atoms with van der Waals surface area (Å²) in [7, 11) is 1.44. The number of aliphatic hydroxyl groups is 1. The lowest BCUT2D eigenvalue weighted by atomic mass is 10.2. The first-order valence-corrected chi connectivity index (χ1v) is 9.58. The van der Waals surface area contributed by atoms with Crippen molar-refractivity contribution in [3.05, 3.63) is 77.6 Å². The first kappa shape index (κ1) is 22.5. The molecule has 3 rings (SSSR count). The summed E-state index contributed by atoms with van der Waals surface area (Å²) in [4.78, 5) is 14.9. The van der Waals surface area contributed by atoms with E-state index in [-0.39, 0.29) is 36.4 Å². The Kier molecular flexibility index (Phi) is 7.55. The van der Waals surface area contributed by atoms with Gasteiger partial charge in [0.05, 0.1) is 5.69 Å². The second-order valence-electron chi connectivity index (χ2n) is 6.62. The molecule has 3 aromatic rings. The van der Waals surface area contributed by atoms with E-state index in [2.05, 4.69) is 20.3 Å². The van der Waals surface area contributed by atoms with Crippen LogP contribution in [-0.4, -0.2) is 56.6 Å². The van der Waals surface area contributed by atoms with Crippen LogP contribution in [-0.2, 0) is 16.1 Å². The summed E-state index contributed by atoms with van der Waals surface area (Å²) in [5, 5.41) is 30.9. The molecule has 0 bridgehead atoms. The number of nitrogens with zero attached hydrogens (tertiary/aromatic N) is 5. The van der Waals surface area contributed by atoms with E-state index in [0.29, 0.717) is 17.1 Å². The monoisotopic (exact) mass is 434 g/mol. The summed E-state index contributed by atoms with van der Waals surface area (Å²) in [6.07, 6.45) is 3.41. The number of hydrogen-bond donors (Lipinski definition) is 2. The molecule has 32 heavy (non-hydrogen) atoms. The third kappa shape index (κ3) is 5.70. The van der Waals surface area contributed by atoms with Crippen molar-refractivity contribution in [2.75, 3.05) is 13.7 Å². The largest absolute Gasteiger partial charge is 0.510 e. The molecular formula is C22H22N6O4. The number of pyridine rings is 1. The fourth-order valence-electron chi connectivity index (χ4n) is 2.67. The van der Waals surface area contributed by atoms with Gasteiger partial charge in [-0.1, -0.05) is 30.3 Å². The van der Waals surface area contributed by atoms with Crippen LogP contribution < -0.4 is 0 Å². The van der Waals surface area contributed by atoms with Crippen molar-refractivity contribution in [1.29, 1.82) is 5.41 Å². The normalized spacial score (nSPS) is 11.9. The van der Waals surface area contributed by atoms with E-state index in [1.54, 1.807) is 19.1 Å². The maximum absolute atomic E-state index is 10.8. The number of carbonyl (C=O) groups excluding carboxylic acids is 1. The third-order valence-corrected chi connectivity index (χ3v) is 4.17. The molecule has 0 unspecified atom stereocenters. The molecule has 0 aliphatic carbocycles. The standard InChI is InChI=1S/C22H22N6O4/c1-15(32-13-18-9-8-16(12-29)11-24-18)27-28-21(17-6-4-3-5-7-17)25-26-22(28)20(23)10-19(30)14-31-2/h3-12,23,30H,13-14H2,1-2H3/b19-10-,23-20?,27-15+. The Morgan fingerprint density at radius 2 is 2.00 bits per heavy atom. The maximum Gasteiger partial charge on any atom is 0.204 e. The second-order valence-corrected chi connectivity index (χ2v) is 6.62. The number of hydrogen-bond acceptors (Lipinski definition) is 9. The zero-order valence-electron chi connectivity index (χ0n) is 17.6. The van der Waals surface area contributed by atoms with Crippen LogP contribution in [0.15, 0.2) is 65.6 Å². The van der Waals surface area contributed by atoms with Gasteiger partial charge in [-0.05, 0) is 12.1 Å². The summed E-state index contributed by atoms with van der Waals surface area (Å²) in [6.45, 7) is 1.75. The van der Waals surface area contributed by atoms with E-state index in [1.165, 1.54) is 24.1 Å². The third-order valence-electron chi connectivity index (χ3n) is 4.17. The lowest BCUT2D eigenvalue weighted by molar-refractivity contribution is 0.112. The van der Waals surface area contributed by atoms with Gasteiger partial charge in [-0.15, -0.1) is 15.3 Å². The molecule has 164 valence electrons.